The van der Waals surface area contributed by atoms with Crippen LogP contribution in [0.2, 0.25) is 0 Å². The molecule has 1 heterocycles. The molecule has 0 unspecified atom stereocenters. The molecule has 176 valence electrons. The molecule has 4 aromatic rings. The molecule has 1 N–H and O–H groups in total. The second-order valence-corrected chi connectivity index (χ2v) is 10.1. The van der Waals surface area contributed by atoms with Crippen molar-refractivity contribution >= 4 is 16.8 Å². The zero-order valence-corrected chi connectivity index (χ0v) is 20.7. The maximum Gasteiger partial charge on any atom is 0.147 e. The quantitative estimate of drug-likeness (QED) is 0.334. The maximum atomic E-state index is 12.8. The first-order valence-electron chi connectivity index (χ1n) is 11.9. The normalized spacial score (nSPS) is 12.3. The molecule has 5 nitrogen and oxygen atoms in total. The Hall–Kier alpha value is -3.47. The standard InChI is InChI=1S/C29H33N3O2/c1-6-28(2,3)26(33)17-16-20-18-22(29(4,5)21-12-8-7-9-13-21)27(34)25(19-20)32-30-23-14-10-11-15-24(23)31-32/h7-15,18-19,34H,6,16-17H2,1-5H3. The van der Waals surface area contributed by atoms with Gasteiger partial charge in [-0.25, -0.2) is 0 Å². The van der Waals surface area contributed by atoms with Gasteiger partial charge in [0.1, 0.15) is 28.3 Å². The smallest absolute Gasteiger partial charge is 0.147 e. The van der Waals surface area contributed by atoms with Gasteiger partial charge in [0.05, 0.1) is 0 Å². The third-order valence-corrected chi connectivity index (χ3v) is 7.10. The van der Waals surface area contributed by atoms with Crippen molar-refractivity contribution in [3.05, 3.63) is 83.4 Å². The summed E-state index contributed by atoms with van der Waals surface area (Å²) in [7, 11) is 0. The van der Waals surface area contributed by atoms with E-state index in [4.69, 9.17) is 0 Å². The van der Waals surface area contributed by atoms with E-state index in [1.807, 2.05) is 75.4 Å². The molecule has 0 aliphatic heterocycles. The highest BCUT2D eigenvalue weighted by Gasteiger charge is 2.30. The molecular formula is C29H33N3O2. The SMILES string of the molecule is CCC(C)(C)C(=O)CCc1cc(-n2nc3ccccc3n2)c(O)c(C(C)(C)c2ccccc2)c1. The van der Waals surface area contributed by atoms with Crippen LogP contribution < -0.4 is 0 Å². The Labute approximate surface area is 201 Å². The lowest BCUT2D eigenvalue weighted by atomic mass is 9.76. The number of benzene rings is 3. The van der Waals surface area contributed by atoms with E-state index in [2.05, 4.69) is 36.2 Å². The van der Waals surface area contributed by atoms with Crippen molar-refractivity contribution in [1.82, 2.24) is 15.0 Å². The van der Waals surface area contributed by atoms with Crippen molar-refractivity contribution in [3.8, 4) is 11.4 Å². The van der Waals surface area contributed by atoms with Gasteiger partial charge in [0.25, 0.3) is 0 Å². The number of hydrogen-bond acceptors (Lipinski definition) is 4. The Kier molecular flexibility index (Phi) is 6.30. The first kappa shape index (κ1) is 23.7. The van der Waals surface area contributed by atoms with Crippen LogP contribution in [0.15, 0.2) is 66.7 Å². The molecule has 0 bridgehead atoms. The summed E-state index contributed by atoms with van der Waals surface area (Å²) < 4.78 is 0. The first-order chi connectivity index (χ1) is 16.1. The fraction of sp³-hybridized carbons (Fsp3) is 0.345. The Bertz CT molecular complexity index is 1290. The number of hydrogen-bond donors (Lipinski definition) is 1. The fourth-order valence-electron chi connectivity index (χ4n) is 4.22. The lowest BCUT2D eigenvalue weighted by Crippen LogP contribution is -2.24. The molecule has 0 fully saturated rings. The molecule has 0 radical (unpaired) electrons. The fourth-order valence-corrected chi connectivity index (χ4v) is 4.22. The number of rotatable bonds is 8. The first-order valence-corrected chi connectivity index (χ1v) is 11.9. The van der Waals surface area contributed by atoms with E-state index < -0.39 is 5.41 Å². The molecule has 3 aromatic carbocycles. The van der Waals surface area contributed by atoms with Gasteiger partial charge in [-0.05, 0) is 42.2 Å². The highest BCUT2D eigenvalue weighted by molar-refractivity contribution is 5.84. The summed E-state index contributed by atoms with van der Waals surface area (Å²) in [6.45, 7) is 10.2. The number of aryl methyl sites for hydroxylation is 1. The minimum absolute atomic E-state index is 0.151. The molecule has 0 saturated carbocycles. The number of ketones is 1. The number of phenolic OH excluding ortho intramolecular Hbond substituents is 1. The minimum atomic E-state index is -0.463. The van der Waals surface area contributed by atoms with Crippen molar-refractivity contribution in [2.24, 2.45) is 5.41 Å². The molecule has 0 saturated heterocycles. The van der Waals surface area contributed by atoms with Gasteiger partial charge in [-0.15, -0.1) is 15.0 Å². The molecule has 0 amide bonds. The number of nitrogens with zero attached hydrogens (tertiary/aromatic N) is 3. The van der Waals surface area contributed by atoms with Crippen molar-refractivity contribution < 1.29 is 9.90 Å². The number of carbonyl (C=O) groups is 1. The van der Waals surface area contributed by atoms with Crippen LogP contribution in [0.1, 0.15) is 64.2 Å². The van der Waals surface area contributed by atoms with Gasteiger partial charge >= 0.3 is 0 Å². The molecule has 0 aliphatic rings. The van der Waals surface area contributed by atoms with Gasteiger partial charge in [-0.1, -0.05) is 83.1 Å². The van der Waals surface area contributed by atoms with Crippen LogP contribution in [0, 0.1) is 5.41 Å². The summed E-state index contributed by atoms with van der Waals surface area (Å²) in [4.78, 5) is 14.3. The second kappa shape index (κ2) is 9.05. The number of aromatic hydroxyl groups is 1. The number of fused-ring (bicyclic) bond motifs is 1. The van der Waals surface area contributed by atoms with Gasteiger partial charge in [0, 0.05) is 22.8 Å². The lowest BCUT2D eigenvalue weighted by Gasteiger charge is -2.28. The monoisotopic (exact) mass is 455 g/mol. The molecule has 34 heavy (non-hydrogen) atoms. The lowest BCUT2D eigenvalue weighted by molar-refractivity contribution is -0.127. The van der Waals surface area contributed by atoms with E-state index in [0.717, 1.165) is 34.1 Å². The molecule has 0 atom stereocenters. The largest absolute Gasteiger partial charge is 0.505 e. The van der Waals surface area contributed by atoms with Gasteiger partial charge in [-0.2, -0.15) is 0 Å². The number of phenols is 1. The highest BCUT2D eigenvalue weighted by Crippen LogP contribution is 2.41. The molecular weight excluding hydrogens is 422 g/mol. The molecule has 0 aliphatic carbocycles. The molecule has 5 heteroatoms. The van der Waals surface area contributed by atoms with Crippen LogP contribution in [0.4, 0.5) is 0 Å². The molecule has 1 aromatic heterocycles. The van der Waals surface area contributed by atoms with Crippen LogP contribution in [0.5, 0.6) is 5.75 Å². The van der Waals surface area contributed by atoms with Crippen molar-refractivity contribution in [2.75, 3.05) is 0 Å². The van der Waals surface area contributed by atoms with Gasteiger partial charge in [0.15, 0.2) is 0 Å². The summed E-state index contributed by atoms with van der Waals surface area (Å²) in [5, 5.41) is 20.7. The zero-order valence-electron chi connectivity index (χ0n) is 20.7. The third-order valence-electron chi connectivity index (χ3n) is 7.10. The van der Waals surface area contributed by atoms with Gasteiger partial charge in [0.2, 0.25) is 0 Å². The topological polar surface area (TPSA) is 68.0 Å². The molecule has 4 rings (SSSR count). The number of aromatic nitrogens is 3. The van der Waals surface area contributed by atoms with E-state index in [9.17, 15) is 9.90 Å². The maximum absolute atomic E-state index is 12.8. The van der Waals surface area contributed by atoms with E-state index in [1.165, 1.54) is 4.80 Å². The van der Waals surface area contributed by atoms with Crippen molar-refractivity contribution in [2.45, 2.75) is 59.3 Å². The summed E-state index contributed by atoms with van der Waals surface area (Å²) in [6.07, 6.45) is 1.85. The Morgan fingerprint density at radius 3 is 2.09 bits per heavy atom. The predicted molar refractivity (Wildman–Crippen MR) is 136 cm³/mol. The van der Waals surface area contributed by atoms with E-state index in [1.54, 1.807) is 0 Å². The van der Waals surface area contributed by atoms with Crippen LogP contribution >= 0.6 is 0 Å². The highest BCUT2D eigenvalue weighted by atomic mass is 16.3. The van der Waals surface area contributed by atoms with Crippen LogP contribution in [-0.4, -0.2) is 25.9 Å². The summed E-state index contributed by atoms with van der Waals surface area (Å²) in [5.41, 5.74) is 4.10. The van der Waals surface area contributed by atoms with Crippen molar-refractivity contribution in [1.29, 1.82) is 0 Å². The Morgan fingerprint density at radius 1 is 0.912 bits per heavy atom. The minimum Gasteiger partial charge on any atom is -0.505 e. The summed E-state index contributed by atoms with van der Waals surface area (Å²) in [6, 6.07) is 21.7. The van der Waals surface area contributed by atoms with E-state index in [-0.39, 0.29) is 16.9 Å². The number of Topliss-reactive ketones (excluding diaryl/α,β-unsaturated/α-hetero) is 1. The average molecular weight is 456 g/mol. The van der Waals surface area contributed by atoms with Crippen LogP contribution in [-0.2, 0) is 16.6 Å². The average Bonchev–Trinajstić information content (AvgIpc) is 3.27. The second-order valence-electron chi connectivity index (χ2n) is 10.1. The Morgan fingerprint density at radius 2 is 1.50 bits per heavy atom. The summed E-state index contributed by atoms with van der Waals surface area (Å²) >= 11 is 0. The van der Waals surface area contributed by atoms with Crippen LogP contribution in [0.25, 0.3) is 16.7 Å². The zero-order chi connectivity index (χ0) is 24.5. The van der Waals surface area contributed by atoms with Gasteiger partial charge in [-0.3, -0.25) is 4.79 Å². The number of carbonyl (C=O) groups excluding carboxylic acids is 1. The Balaban J connectivity index is 1.83. The summed E-state index contributed by atoms with van der Waals surface area (Å²) in [5.74, 6) is 0.398. The van der Waals surface area contributed by atoms with Crippen LogP contribution in [0.3, 0.4) is 0 Å². The predicted octanol–water partition coefficient (Wildman–Crippen LogP) is 6.39. The van der Waals surface area contributed by atoms with E-state index >= 15 is 0 Å². The third kappa shape index (κ3) is 4.47. The molecule has 0 spiro atoms. The van der Waals surface area contributed by atoms with Crippen molar-refractivity contribution in [3.63, 3.8) is 0 Å². The van der Waals surface area contributed by atoms with E-state index in [0.29, 0.717) is 18.5 Å². The van der Waals surface area contributed by atoms with Gasteiger partial charge < -0.3 is 5.11 Å².